The molecule has 19 heavy (non-hydrogen) atoms. The summed E-state index contributed by atoms with van der Waals surface area (Å²) in [7, 11) is 0. The summed E-state index contributed by atoms with van der Waals surface area (Å²) in [5, 5.41) is 3.48. The van der Waals surface area contributed by atoms with E-state index >= 15 is 0 Å². The summed E-state index contributed by atoms with van der Waals surface area (Å²) in [4.78, 5) is 8.38. The molecule has 1 aromatic heterocycles. The highest BCUT2D eigenvalue weighted by atomic mass is 15.3. The van der Waals surface area contributed by atoms with Gasteiger partial charge in [-0.05, 0) is 30.9 Å². The lowest BCUT2D eigenvalue weighted by atomic mass is 10.1. The molecule has 98 valence electrons. The Morgan fingerprint density at radius 1 is 1.11 bits per heavy atom. The smallest absolute Gasteiger partial charge is 0.148 e. The summed E-state index contributed by atoms with van der Waals surface area (Å²) in [6.07, 6.45) is 3.59. The number of hydrogen-bond acceptors (Lipinski definition) is 5. The third kappa shape index (κ3) is 2.24. The summed E-state index contributed by atoms with van der Waals surface area (Å²) in [5.41, 5.74) is 6.37. The molecule has 0 spiro atoms. The van der Waals surface area contributed by atoms with E-state index in [4.69, 9.17) is 5.84 Å². The van der Waals surface area contributed by atoms with Gasteiger partial charge >= 0.3 is 0 Å². The average molecular weight is 255 g/mol. The van der Waals surface area contributed by atoms with Crippen molar-refractivity contribution in [2.24, 2.45) is 5.84 Å². The van der Waals surface area contributed by atoms with Gasteiger partial charge < -0.3 is 10.7 Å². The number of nitrogens with two attached hydrogens (primary N) is 1. The zero-order chi connectivity index (χ0) is 13.2. The Hall–Kier alpha value is -2.14. The standard InChI is InChI=1S/C14H17N5/c1-9-13(16-8-17-14(9)19-15)18-12-6-10-4-2-3-5-11(10)7-12/h2-5,8,12H,6-7,15H2,1H3,(H2,16,17,18,19). The summed E-state index contributed by atoms with van der Waals surface area (Å²) in [5.74, 6) is 6.94. The van der Waals surface area contributed by atoms with Crippen LogP contribution in [-0.4, -0.2) is 16.0 Å². The average Bonchev–Trinajstić information content (AvgIpc) is 2.83. The molecule has 0 saturated carbocycles. The second kappa shape index (κ2) is 4.85. The van der Waals surface area contributed by atoms with E-state index in [0.29, 0.717) is 11.9 Å². The predicted molar refractivity (Wildman–Crippen MR) is 75.8 cm³/mol. The van der Waals surface area contributed by atoms with Gasteiger partial charge in [0.1, 0.15) is 18.0 Å². The van der Waals surface area contributed by atoms with Crippen LogP contribution in [0.2, 0.25) is 0 Å². The Kier molecular flexibility index (Phi) is 3.05. The molecule has 0 radical (unpaired) electrons. The van der Waals surface area contributed by atoms with Crippen molar-refractivity contribution in [3.8, 4) is 0 Å². The van der Waals surface area contributed by atoms with Crippen molar-refractivity contribution < 1.29 is 0 Å². The first-order valence-corrected chi connectivity index (χ1v) is 6.39. The SMILES string of the molecule is Cc1c(NN)ncnc1NC1Cc2ccccc2C1. The number of benzene rings is 1. The molecule has 5 nitrogen and oxygen atoms in total. The molecule has 0 aliphatic heterocycles. The summed E-state index contributed by atoms with van der Waals surface area (Å²) >= 11 is 0. The van der Waals surface area contributed by atoms with Crippen molar-refractivity contribution >= 4 is 11.6 Å². The normalized spacial score (nSPS) is 14.2. The molecule has 0 fully saturated rings. The number of hydrazine groups is 1. The highest BCUT2D eigenvalue weighted by Gasteiger charge is 2.21. The van der Waals surface area contributed by atoms with Crippen LogP contribution in [0.4, 0.5) is 11.6 Å². The number of nitrogen functional groups attached to an aromatic ring is 1. The number of hydrogen-bond donors (Lipinski definition) is 3. The van der Waals surface area contributed by atoms with Crippen molar-refractivity contribution in [1.82, 2.24) is 9.97 Å². The molecular weight excluding hydrogens is 238 g/mol. The minimum absolute atomic E-state index is 0.386. The van der Waals surface area contributed by atoms with Crippen molar-refractivity contribution in [3.05, 3.63) is 47.3 Å². The first-order chi connectivity index (χ1) is 9.28. The number of rotatable bonds is 3. The third-order valence-corrected chi connectivity index (χ3v) is 3.61. The maximum Gasteiger partial charge on any atom is 0.148 e. The molecule has 0 atom stereocenters. The first kappa shape index (κ1) is 11.9. The molecule has 1 heterocycles. The molecule has 0 amide bonds. The fraction of sp³-hybridized carbons (Fsp3) is 0.286. The van der Waals surface area contributed by atoms with Gasteiger partial charge in [-0.3, -0.25) is 0 Å². The topological polar surface area (TPSA) is 75.9 Å². The molecule has 4 N–H and O–H groups in total. The van der Waals surface area contributed by atoms with Gasteiger partial charge in [-0.25, -0.2) is 15.8 Å². The monoisotopic (exact) mass is 255 g/mol. The van der Waals surface area contributed by atoms with Crippen LogP contribution in [0.3, 0.4) is 0 Å². The second-order valence-corrected chi connectivity index (χ2v) is 4.86. The molecule has 3 rings (SSSR count). The molecule has 1 aromatic carbocycles. The van der Waals surface area contributed by atoms with Gasteiger partial charge in [-0.2, -0.15) is 0 Å². The zero-order valence-electron chi connectivity index (χ0n) is 10.9. The summed E-state index contributed by atoms with van der Waals surface area (Å²) in [6, 6.07) is 8.95. The minimum atomic E-state index is 0.386. The first-order valence-electron chi connectivity index (χ1n) is 6.39. The predicted octanol–water partition coefficient (Wildman–Crippen LogP) is 1.65. The lowest BCUT2D eigenvalue weighted by Crippen LogP contribution is -2.22. The van der Waals surface area contributed by atoms with Crippen LogP contribution in [0.5, 0.6) is 0 Å². The van der Waals surface area contributed by atoms with Gasteiger partial charge in [0.05, 0.1) is 0 Å². The molecule has 0 unspecified atom stereocenters. The van der Waals surface area contributed by atoms with Crippen molar-refractivity contribution in [3.63, 3.8) is 0 Å². The van der Waals surface area contributed by atoms with Gasteiger partial charge in [-0.1, -0.05) is 24.3 Å². The summed E-state index contributed by atoms with van der Waals surface area (Å²) < 4.78 is 0. The molecular formula is C14H17N5. The van der Waals surface area contributed by atoms with Gasteiger partial charge in [-0.15, -0.1) is 0 Å². The number of nitrogens with one attached hydrogen (secondary N) is 2. The fourth-order valence-corrected chi connectivity index (χ4v) is 2.60. The number of aromatic nitrogens is 2. The van der Waals surface area contributed by atoms with Crippen molar-refractivity contribution in [2.45, 2.75) is 25.8 Å². The molecule has 0 bridgehead atoms. The van der Waals surface area contributed by atoms with E-state index < -0.39 is 0 Å². The Morgan fingerprint density at radius 3 is 2.37 bits per heavy atom. The highest BCUT2D eigenvalue weighted by Crippen LogP contribution is 2.25. The lowest BCUT2D eigenvalue weighted by Gasteiger charge is -2.15. The maximum absolute atomic E-state index is 5.43. The van der Waals surface area contributed by atoms with E-state index in [1.54, 1.807) is 0 Å². The minimum Gasteiger partial charge on any atom is -0.366 e. The van der Waals surface area contributed by atoms with Crippen LogP contribution in [0, 0.1) is 6.92 Å². The number of anilines is 2. The molecule has 2 aromatic rings. The van der Waals surface area contributed by atoms with Crippen LogP contribution in [0.25, 0.3) is 0 Å². The third-order valence-electron chi connectivity index (χ3n) is 3.61. The molecule has 1 aliphatic carbocycles. The zero-order valence-corrected chi connectivity index (χ0v) is 10.9. The molecule has 1 aliphatic rings. The molecule has 0 saturated heterocycles. The van der Waals surface area contributed by atoms with Crippen LogP contribution in [0.15, 0.2) is 30.6 Å². The van der Waals surface area contributed by atoms with Gasteiger partial charge in [0.2, 0.25) is 0 Å². The van der Waals surface area contributed by atoms with E-state index in [9.17, 15) is 0 Å². The Balaban J connectivity index is 1.78. The Morgan fingerprint density at radius 2 is 1.74 bits per heavy atom. The van der Waals surface area contributed by atoms with Crippen LogP contribution < -0.4 is 16.6 Å². The van der Waals surface area contributed by atoms with Gasteiger partial charge in [0.15, 0.2) is 0 Å². The summed E-state index contributed by atoms with van der Waals surface area (Å²) in [6.45, 7) is 1.96. The van der Waals surface area contributed by atoms with Crippen LogP contribution in [0.1, 0.15) is 16.7 Å². The van der Waals surface area contributed by atoms with Crippen molar-refractivity contribution in [2.75, 3.05) is 10.7 Å². The van der Waals surface area contributed by atoms with Crippen LogP contribution >= 0.6 is 0 Å². The maximum atomic E-state index is 5.43. The van der Waals surface area contributed by atoms with Gasteiger partial charge in [0, 0.05) is 11.6 Å². The number of nitrogens with zero attached hydrogens (tertiary/aromatic N) is 2. The molecule has 5 heteroatoms. The van der Waals surface area contributed by atoms with Gasteiger partial charge in [0.25, 0.3) is 0 Å². The Bertz CT molecular complexity index is 571. The number of fused-ring (bicyclic) bond motifs is 1. The lowest BCUT2D eigenvalue weighted by molar-refractivity contribution is 0.766. The van der Waals surface area contributed by atoms with E-state index in [2.05, 4.69) is 45.0 Å². The second-order valence-electron chi connectivity index (χ2n) is 4.86. The van der Waals surface area contributed by atoms with E-state index in [1.807, 2.05) is 6.92 Å². The highest BCUT2D eigenvalue weighted by molar-refractivity contribution is 5.56. The van der Waals surface area contributed by atoms with Crippen LogP contribution in [-0.2, 0) is 12.8 Å². The fourth-order valence-electron chi connectivity index (χ4n) is 2.60. The quantitative estimate of drug-likeness (QED) is 0.574. The Labute approximate surface area is 112 Å². The van der Waals surface area contributed by atoms with E-state index in [1.165, 1.54) is 17.5 Å². The van der Waals surface area contributed by atoms with E-state index in [-0.39, 0.29) is 0 Å². The largest absolute Gasteiger partial charge is 0.366 e. The van der Waals surface area contributed by atoms with E-state index in [0.717, 1.165) is 24.2 Å². The van der Waals surface area contributed by atoms with Crippen molar-refractivity contribution in [1.29, 1.82) is 0 Å².